The largest absolute Gasteiger partial charge is 0.302 e. The second-order valence-electron chi connectivity index (χ2n) is 3.74. The molecule has 1 rings (SSSR count). The number of carbonyl (C=O) groups excluding carboxylic acids is 1. The van der Waals surface area contributed by atoms with Gasteiger partial charge in [-0.15, -0.1) is 0 Å². The van der Waals surface area contributed by atoms with E-state index >= 15 is 0 Å². The van der Waals surface area contributed by atoms with Gasteiger partial charge in [-0.25, -0.2) is 0 Å². The molecule has 0 saturated heterocycles. The van der Waals surface area contributed by atoms with Crippen LogP contribution >= 0.6 is 15.9 Å². The molecule has 0 N–H and O–H groups in total. The Morgan fingerprint density at radius 2 is 2.07 bits per heavy atom. The Labute approximate surface area is 95.6 Å². The molecule has 0 radical (unpaired) electrons. The number of nitro groups is 1. The van der Waals surface area contributed by atoms with Crippen LogP contribution in [0.3, 0.4) is 0 Å². The van der Waals surface area contributed by atoms with E-state index in [1.165, 1.54) is 6.07 Å². The maximum absolute atomic E-state index is 10.9. The van der Waals surface area contributed by atoms with Crippen LogP contribution in [0.15, 0.2) is 22.7 Å². The minimum absolute atomic E-state index is 0.0255. The molecule has 0 unspecified atom stereocenters. The Morgan fingerprint density at radius 1 is 1.47 bits per heavy atom. The molecule has 0 heterocycles. The van der Waals surface area contributed by atoms with Gasteiger partial charge in [0.05, 0.1) is 9.40 Å². The minimum atomic E-state index is -0.731. The van der Waals surface area contributed by atoms with Crippen molar-refractivity contribution in [2.45, 2.75) is 19.3 Å². The zero-order valence-corrected chi connectivity index (χ0v) is 9.95. The minimum Gasteiger partial charge on any atom is -0.302 e. The van der Waals surface area contributed by atoms with Gasteiger partial charge in [-0.05, 0) is 35.3 Å². The van der Waals surface area contributed by atoms with Gasteiger partial charge in [-0.2, -0.15) is 0 Å². The Kier molecular flexibility index (Phi) is 3.24. The van der Waals surface area contributed by atoms with Crippen molar-refractivity contribution in [3.63, 3.8) is 0 Å². The average molecular weight is 272 g/mol. The summed E-state index contributed by atoms with van der Waals surface area (Å²) in [7, 11) is 0. The van der Waals surface area contributed by atoms with Crippen molar-refractivity contribution >= 4 is 27.9 Å². The number of hydrogen-bond acceptors (Lipinski definition) is 3. The number of nitrogens with zero attached hydrogens (tertiary/aromatic N) is 1. The molecule has 80 valence electrons. The highest BCUT2D eigenvalue weighted by Crippen LogP contribution is 2.34. The Balaban J connectivity index is 3.39. The lowest BCUT2D eigenvalue weighted by atomic mass is 9.86. The first-order valence-electron chi connectivity index (χ1n) is 4.30. The monoisotopic (exact) mass is 271 g/mol. The summed E-state index contributed by atoms with van der Waals surface area (Å²) in [6.45, 7) is 3.42. The lowest BCUT2D eigenvalue weighted by Gasteiger charge is -2.18. The van der Waals surface area contributed by atoms with Gasteiger partial charge >= 0.3 is 0 Å². The third kappa shape index (κ3) is 2.23. The van der Waals surface area contributed by atoms with E-state index in [4.69, 9.17) is 0 Å². The predicted molar refractivity (Wildman–Crippen MR) is 59.9 cm³/mol. The number of hydrogen-bond donors (Lipinski definition) is 0. The average Bonchev–Trinajstić information content (AvgIpc) is 2.17. The van der Waals surface area contributed by atoms with Crippen molar-refractivity contribution in [3.8, 4) is 0 Å². The fourth-order valence-electron chi connectivity index (χ4n) is 1.22. The van der Waals surface area contributed by atoms with E-state index in [0.717, 1.165) is 6.29 Å². The molecular formula is C10H10BrNO3. The zero-order valence-electron chi connectivity index (χ0n) is 8.36. The summed E-state index contributed by atoms with van der Waals surface area (Å²) in [6.07, 6.45) is 0.775. The summed E-state index contributed by atoms with van der Waals surface area (Å²) in [6, 6.07) is 4.67. The van der Waals surface area contributed by atoms with Crippen molar-refractivity contribution in [3.05, 3.63) is 38.3 Å². The van der Waals surface area contributed by atoms with Gasteiger partial charge in [-0.1, -0.05) is 12.1 Å². The van der Waals surface area contributed by atoms with Gasteiger partial charge in [0.1, 0.15) is 6.29 Å². The summed E-state index contributed by atoms with van der Waals surface area (Å²) in [5, 5.41) is 10.7. The van der Waals surface area contributed by atoms with E-state index in [1.54, 1.807) is 26.0 Å². The van der Waals surface area contributed by atoms with Crippen LogP contribution in [0.25, 0.3) is 0 Å². The van der Waals surface area contributed by atoms with E-state index in [0.29, 0.717) is 10.0 Å². The summed E-state index contributed by atoms with van der Waals surface area (Å²) >= 11 is 3.16. The lowest BCUT2D eigenvalue weighted by Crippen LogP contribution is -2.19. The normalized spacial score (nSPS) is 11.1. The topological polar surface area (TPSA) is 60.2 Å². The Hall–Kier alpha value is -1.23. The third-order valence-electron chi connectivity index (χ3n) is 2.16. The molecule has 5 heteroatoms. The summed E-state index contributed by atoms with van der Waals surface area (Å²) in [5.74, 6) is 0. The SMILES string of the molecule is CC(C)(C=O)c1cccc([N+](=O)[O-])c1Br. The van der Waals surface area contributed by atoms with Gasteiger partial charge in [0.15, 0.2) is 0 Å². The summed E-state index contributed by atoms with van der Waals surface area (Å²) < 4.78 is 0.368. The first-order chi connectivity index (χ1) is 6.90. The van der Waals surface area contributed by atoms with Crippen LogP contribution < -0.4 is 0 Å². The van der Waals surface area contributed by atoms with Crippen LogP contribution in [0.4, 0.5) is 5.69 Å². The number of benzene rings is 1. The fraction of sp³-hybridized carbons (Fsp3) is 0.300. The number of aldehydes is 1. The number of rotatable bonds is 3. The van der Waals surface area contributed by atoms with E-state index < -0.39 is 10.3 Å². The Bertz CT molecular complexity index is 415. The molecule has 4 nitrogen and oxygen atoms in total. The molecule has 0 bridgehead atoms. The number of halogens is 1. The number of nitro benzene ring substituents is 1. The van der Waals surface area contributed by atoms with Gasteiger partial charge in [0.25, 0.3) is 5.69 Å². The van der Waals surface area contributed by atoms with Crippen LogP contribution in [0, 0.1) is 10.1 Å². The first-order valence-corrected chi connectivity index (χ1v) is 5.09. The molecule has 0 aliphatic heterocycles. The van der Waals surface area contributed by atoms with Crippen molar-refractivity contribution in [1.82, 2.24) is 0 Å². The molecule has 0 aliphatic rings. The second kappa shape index (κ2) is 4.10. The summed E-state index contributed by atoms with van der Waals surface area (Å²) in [4.78, 5) is 21.1. The van der Waals surface area contributed by atoms with E-state index in [1.807, 2.05) is 0 Å². The highest BCUT2D eigenvalue weighted by molar-refractivity contribution is 9.10. The molecule has 0 amide bonds. The van der Waals surface area contributed by atoms with Crippen LogP contribution in [0.1, 0.15) is 19.4 Å². The molecule has 0 aliphatic carbocycles. The summed E-state index contributed by atoms with van der Waals surface area (Å²) in [5.41, 5.74) is -0.140. The molecule has 0 atom stereocenters. The van der Waals surface area contributed by atoms with Gasteiger partial charge in [-0.3, -0.25) is 10.1 Å². The maximum atomic E-state index is 10.9. The molecular weight excluding hydrogens is 262 g/mol. The molecule has 0 fully saturated rings. The van der Waals surface area contributed by atoms with Gasteiger partial charge in [0, 0.05) is 11.5 Å². The lowest BCUT2D eigenvalue weighted by molar-refractivity contribution is -0.385. The third-order valence-corrected chi connectivity index (χ3v) is 3.00. The predicted octanol–water partition coefficient (Wildman–Crippen LogP) is 2.83. The van der Waals surface area contributed by atoms with Crippen molar-refractivity contribution in [1.29, 1.82) is 0 Å². The maximum Gasteiger partial charge on any atom is 0.283 e. The smallest absolute Gasteiger partial charge is 0.283 e. The fourth-order valence-corrected chi connectivity index (χ4v) is 2.14. The molecule has 1 aromatic rings. The van der Waals surface area contributed by atoms with Gasteiger partial charge in [0.2, 0.25) is 0 Å². The molecule has 0 aromatic heterocycles. The van der Waals surface area contributed by atoms with E-state index in [9.17, 15) is 14.9 Å². The zero-order chi connectivity index (χ0) is 11.6. The molecule has 15 heavy (non-hydrogen) atoms. The van der Waals surface area contributed by atoms with Crippen molar-refractivity contribution in [2.75, 3.05) is 0 Å². The van der Waals surface area contributed by atoms with Crippen LogP contribution in [0.2, 0.25) is 0 Å². The first kappa shape index (κ1) is 11.8. The highest BCUT2D eigenvalue weighted by atomic mass is 79.9. The van der Waals surface area contributed by atoms with E-state index in [2.05, 4.69) is 15.9 Å². The van der Waals surface area contributed by atoms with Crippen LogP contribution in [-0.2, 0) is 10.2 Å². The van der Waals surface area contributed by atoms with Gasteiger partial charge < -0.3 is 4.79 Å². The van der Waals surface area contributed by atoms with Crippen LogP contribution in [-0.4, -0.2) is 11.2 Å². The molecule has 0 saturated carbocycles. The number of carbonyl (C=O) groups is 1. The highest BCUT2D eigenvalue weighted by Gasteiger charge is 2.26. The molecule has 1 aromatic carbocycles. The quantitative estimate of drug-likeness (QED) is 0.483. The molecule has 0 spiro atoms. The second-order valence-corrected chi connectivity index (χ2v) is 4.53. The van der Waals surface area contributed by atoms with E-state index in [-0.39, 0.29) is 5.69 Å². The standard InChI is InChI=1S/C10H10BrNO3/c1-10(2,6-13)7-4-3-5-8(9(7)11)12(14)15/h3-6H,1-2H3. The van der Waals surface area contributed by atoms with Crippen molar-refractivity contribution < 1.29 is 9.72 Å². The van der Waals surface area contributed by atoms with Crippen molar-refractivity contribution in [2.24, 2.45) is 0 Å². The Morgan fingerprint density at radius 3 is 2.53 bits per heavy atom. The van der Waals surface area contributed by atoms with Crippen LogP contribution in [0.5, 0.6) is 0 Å².